The Hall–Kier alpha value is -3.71. The maximum Gasteiger partial charge on any atom is 0.191 e. The molecule has 3 aromatic rings. The zero-order chi connectivity index (χ0) is 25.3. The Morgan fingerprint density at radius 2 is 1.53 bits per heavy atom. The number of carbonyl (C=O) groups excluding carboxylic acids is 1. The molecule has 188 valence electrons. The molecule has 2 fully saturated rings. The number of hydrogen-bond donors (Lipinski definition) is 1. The molecule has 2 aromatic carbocycles. The van der Waals surface area contributed by atoms with Crippen molar-refractivity contribution in [2.45, 2.75) is 36.9 Å². The van der Waals surface area contributed by atoms with E-state index in [1.54, 1.807) is 28.4 Å². The number of methoxy groups -OCH3 is 4. The van der Waals surface area contributed by atoms with Crippen molar-refractivity contribution in [3.05, 3.63) is 77.1 Å². The number of hydrogen-bond acceptors (Lipinski definition) is 6. The summed E-state index contributed by atoms with van der Waals surface area (Å²) >= 11 is 0. The van der Waals surface area contributed by atoms with Crippen LogP contribution in [0, 0.1) is 0 Å². The summed E-state index contributed by atoms with van der Waals surface area (Å²) in [5, 5.41) is 0. The Balaban J connectivity index is 1.54. The highest BCUT2D eigenvalue weighted by Crippen LogP contribution is 2.56. The first-order chi connectivity index (χ1) is 17.5. The van der Waals surface area contributed by atoms with E-state index >= 15 is 0 Å². The smallest absolute Gasteiger partial charge is 0.191 e. The van der Waals surface area contributed by atoms with Gasteiger partial charge in [-0.15, -0.1) is 0 Å². The molecule has 36 heavy (non-hydrogen) atoms. The minimum Gasteiger partial charge on any atom is -0.493 e. The molecular weight excluding hydrogens is 458 g/mol. The molecule has 1 aromatic heterocycles. The Morgan fingerprint density at radius 1 is 0.889 bits per heavy atom. The van der Waals surface area contributed by atoms with Crippen LogP contribution in [-0.2, 0) is 9.53 Å². The SMILES string of the molecule is COc1ccc(C2CCC3(O2)C(=O)/C(=C/c2ccc[nH]2)CC3c2ccc(OC)c(OC)c2)cc1OC. The third-order valence-electron chi connectivity index (χ3n) is 7.33. The molecule has 7 heteroatoms. The van der Waals surface area contributed by atoms with Crippen LogP contribution in [0.15, 0.2) is 60.3 Å². The van der Waals surface area contributed by atoms with Gasteiger partial charge in [0.2, 0.25) is 0 Å². The van der Waals surface area contributed by atoms with Crippen LogP contribution in [0.3, 0.4) is 0 Å². The molecule has 3 atom stereocenters. The lowest BCUT2D eigenvalue weighted by molar-refractivity contribution is -0.138. The second kappa shape index (κ2) is 9.74. The van der Waals surface area contributed by atoms with Crippen molar-refractivity contribution in [3.63, 3.8) is 0 Å². The fourth-order valence-corrected chi connectivity index (χ4v) is 5.54. The number of carbonyl (C=O) groups is 1. The first-order valence-corrected chi connectivity index (χ1v) is 12.0. The number of ketones is 1. The summed E-state index contributed by atoms with van der Waals surface area (Å²) in [5.41, 5.74) is 2.64. The quantitative estimate of drug-likeness (QED) is 0.443. The summed E-state index contributed by atoms with van der Waals surface area (Å²) in [6, 6.07) is 15.5. The van der Waals surface area contributed by atoms with Gasteiger partial charge in [-0.05, 0) is 72.9 Å². The molecule has 1 aliphatic carbocycles. The topological polar surface area (TPSA) is 79.0 Å². The van der Waals surface area contributed by atoms with Gasteiger partial charge in [0.1, 0.15) is 5.60 Å². The largest absolute Gasteiger partial charge is 0.493 e. The van der Waals surface area contributed by atoms with Crippen molar-refractivity contribution < 1.29 is 28.5 Å². The molecule has 1 aliphatic heterocycles. The van der Waals surface area contributed by atoms with Crippen LogP contribution in [0.25, 0.3) is 6.08 Å². The van der Waals surface area contributed by atoms with Gasteiger partial charge in [0.05, 0.1) is 34.5 Å². The summed E-state index contributed by atoms with van der Waals surface area (Å²) in [7, 11) is 6.46. The predicted octanol–water partition coefficient (Wildman–Crippen LogP) is 5.48. The Kier molecular flexibility index (Phi) is 6.49. The van der Waals surface area contributed by atoms with Gasteiger partial charge in [-0.3, -0.25) is 4.79 Å². The van der Waals surface area contributed by atoms with Crippen molar-refractivity contribution in [2.75, 3.05) is 28.4 Å². The van der Waals surface area contributed by atoms with Crippen LogP contribution in [0.5, 0.6) is 23.0 Å². The molecule has 1 saturated heterocycles. The number of aromatic nitrogens is 1. The Labute approximate surface area is 211 Å². The summed E-state index contributed by atoms with van der Waals surface area (Å²) in [5.74, 6) is 2.47. The number of nitrogens with one attached hydrogen (secondary N) is 1. The predicted molar refractivity (Wildman–Crippen MR) is 136 cm³/mol. The number of rotatable bonds is 7. The van der Waals surface area contributed by atoms with Crippen LogP contribution in [0.1, 0.15) is 48.1 Å². The van der Waals surface area contributed by atoms with E-state index in [0.717, 1.165) is 28.8 Å². The van der Waals surface area contributed by atoms with E-state index < -0.39 is 5.60 Å². The van der Waals surface area contributed by atoms with Crippen LogP contribution in [0.4, 0.5) is 0 Å². The number of H-pyrrole nitrogens is 1. The molecule has 1 N–H and O–H groups in total. The monoisotopic (exact) mass is 489 g/mol. The van der Waals surface area contributed by atoms with Crippen molar-refractivity contribution in [1.82, 2.24) is 4.98 Å². The molecule has 0 bridgehead atoms. The normalized spacial score (nSPS) is 24.4. The fourth-order valence-electron chi connectivity index (χ4n) is 5.54. The van der Waals surface area contributed by atoms with Gasteiger partial charge in [-0.1, -0.05) is 12.1 Å². The molecular formula is C29H31NO6. The van der Waals surface area contributed by atoms with Gasteiger partial charge in [-0.2, -0.15) is 0 Å². The molecule has 5 rings (SSSR count). The summed E-state index contributed by atoms with van der Waals surface area (Å²) in [6.07, 6.45) is 5.48. The standard InChI is InChI=1S/C29H31NO6/c1-32-24-9-7-18(16-26(24)34-3)22-15-20(14-21-6-5-13-30-21)28(31)29(22)12-11-23(36-29)19-8-10-25(33-2)27(17-19)35-4/h5-10,13-14,16-17,22-23,30H,11-12,15H2,1-4H3/b20-14+. The summed E-state index contributed by atoms with van der Waals surface area (Å²) in [4.78, 5) is 17.2. The van der Waals surface area contributed by atoms with E-state index in [-0.39, 0.29) is 17.8 Å². The lowest BCUT2D eigenvalue weighted by atomic mass is 9.82. The van der Waals surface area contributed by atoms with E-state index in [2.05, 4.69) is 4.98 Å². The average molecular weight is 490 g/mol. The molecule has 7 nitrogen and oxygen atoms in total. The highest BCUT2D eigenvalue weighted by molar-refractivity contribution is 6.08. The second-order valence-corrected chi connectivity index (χ2v) is 9.14. The number of aromatic amines is 1. The zero-order valence-electron chi connectivity index (χ0n) is 21.0. The highest BCUT2D eigenvalue weighted by atomic mass is 16.5. The van der Waals surface area contributed by atoms with E-state index in [4.69, 9.17) is 23.7 Å². The lowest BCUT2D eigenvalue weighted by Gasteiger charge is -2.30. The van der Waals surface area contributed by atoms with Crippen LogP contribution >= 0.6 is 0 Å². The van der Waals surface area contributed by atoms with Crippen molar-refractivity contribution in [2.24, 2.45) is 0 Å². The first kappa shape index (κ1) is 24.0. The van der Waals surface area contributed by atoms with Crippen molar-refractivity contribution >= 4 is 11.9 Å². The van der Waals surface area contributed by atoms with Crippen LogP contribution in [0.2, 0.25) is 0 Å². The van der Waals surface area contributed by atoms with E-state index in [0.29, 0.717) is 35.8 Å². The van der Waals surface area contributed by atoms with Crippen LogP contribution < -0.4 is 18.9 Å². The van der Waals surface area contributed by atoms with Gasteiger partial charge in [0.15, 0.2) is 28.8 Å². The number of benzene rings is 2. The van der Waals surface area contributed by atoms with E-state index in [1.165, 1.54) is 0 Å². The number of Topliss-reactive ketones (excluding diaryl/α,β-unsaturated/α-hetero) is 1. The molecule has 0 radical (unpaired) electrons. The minimum atomic E-state index is -0.962. The molecule has 2 heterocycles. The molecule has 2 aliphatic rings. The Morgan fingerprint density at radius 3 is 2.14 bits per heavy atom. The minimum absolute atomic E-state index is 0.0415. The van der Waals surface area contributed by atoms with Gasteiger partial charge >= 0.3 is 0 Å². The average Bonchev–Trinajstić information content (AvgIpc) is 3.65. The number of ether oxygens (including phenoxy) is 5. The van der Waals surface area contributed by atoms with Gasteiger partial charge in [0, 0.05) is 23.4 Å². The zero-order valence-corrected chi connectivity index (χ0v) is 21.0. The molecule has 3 unspecified atom stereocenters. The summed E-state index contributed by atoms with van der Waals surface area (Å²) in [6.45, 7) is 0. The maximum atomic E-state index is 14.0. The van der Waals surface area contributed by atoms with Crippen molar-refractivity contribution in [1.29, 1.82) is 0 Å². The third-order valence-corrected chi connectivity index (χ3v) is 7.33. The van der Waals surface area contributed by atoms with Crippen LogP contribution in [-0.4, -0.2) is 44.8 Å². The lowest BCUT2D eigenvalue weighted by Crippen LogP contribution is -2.38. The third kappa shape index (κ3) is 4.03. The van der Waals surface area contributed by atoms with Crippen molar-refractivity contribution in [3.8, 4) is 23.0 Å². The molecule has 1 spiro atoms. The first-order valence-electron chi connectivity index (χ1n) is 12.0. The second-order valence-electron chi connectivity index (χ2n) is 9.14. The maximum absolute atomic E-state index is 14.0. The van der Waals surface area contributed by atoms with Gasteiger partial charge in [0.25, 0.3) is 0 Å². The summed E-state index contributed by atoms with van der Waals surface area (Å²) < 4.78 is 28.7. The van der Waals surface area contributed by atoms with Gasteiger partial charge in [-0.25, -0.2) is 0 Å². The Bertz CT molecular complexity index is 1280. The highest BCUT2D eigenvalue weighted by Gasteiger charge is 2.58. The molecule has 1 saturated carbocycles. The fraction of sp³-hybridized carbons (Fsp3) is 0.345. The van der Waals surface area contributed by atoms with Gasteiger partial charge < -0.3 is 28.7 Å². The van der Waals surface area contributed by atoms with E-state index in [9.17, 15) is 4.79 Å². The van der Waals surface area contributed by atoms with E-state index in [1.807, 2.05) is 60.8 Å². The molecule has 0 amide bonds.